The Bertz CT molecular complexity index is 782. The quantitative estimate of drug-likeness (QED) is 0.698. The molecular formula is C21H30N4O4. The molecular weight excluding hydrogens is 372 g/mol. The molecule has 8 nitrogen and oxygen atoms in total. The number of benzene rings is 1. The highest BCUT2D eigenvalue weighted by Gasteiger charge is 2.22. The standard InChI is InChI=1S/C21H30N4O4/c1-15(2)19(26)12-24-8-10-25(11-9-24)13-20-23-18(14-29-20)21(27)22-16-4-6-17(28-3)7-5-16/h4-7,14-15,19,26H,8-13H2,1-3H3,(H,22,27)/t19-/m1/s1. The molecule has 2 aromatic rings. The number of β-amino-alcohol motifs (C(OH)–C–C–N with tert-alkyl or cyclic N) is 1. The fourth-order valence-corrected chi connectivity index (χ4v) is 3.15. The molecule has 2 heterocycles. The molecule has 2 N–H and O–H groups in total. The molecule has 1 fully saturated rings. The average Bonchev–Trinajstić information content (AvgIpc) is 3.18. The number of amides is 1. The van der Waals surface area contributed by atoms with Crippen LogP contribution in [0.15, 0.2) is 34.9 Å². The van der Waals surface area contributed by atoms with Gasteiger partial charge in [-0.2, -0.15) is 0 Å². The Morgan fingerprint density at radius 1 is 1.21 bits per heavy atom. The Kier molecular flexibility index (Phi) is 7.24. The number of carbonyl (C=O) groups is 1. The predicted octanol–water partition coefficient (Wildman–Crippen LogP) is 2.07. The van der Waals surface area contributed by atoms with Crippen LogP contribution in [0, 0.1) is 5.92 Å². The van der Waals surface area contributed by atoms with Crippen LogP contribution in [0.1, 0.15) is 30.2 Å². The molecule has 3 rings (SSSR count). The van der Waals surface area contributed by atoms with Crippen LogP contribution in [0.25, 0.3) is 0 Å². The van der Waals surface area contributed by atoms with Crippen LogP contribution in [0.5, 0.6) is 5.75 Å². The third-order valence-corrected chi connectivity index (χ3v) is 5.17. The van der Waals surface area contributed by atoms with Crippen molar-refractivity contribution in [2.75, 3.05) is 45.2 Å². The second kappa shape index (κ2) is 9.87. The van der Waals surface area contributed by atoms with Crippen LogP contribution in [-0.2, 0) is 6.54 Å². The van der Waals surface area contributed by atoms with Crippen molar-refractivity contribution in [1.82, 2.24) is 14.8 Å². The average molecular weight is 402 g/mol. The number of oxazole rings is 1. The second-order valence-corrected chi connectivity index (χ2v) is 7.70. The highest BCUT2D eigenvalue weighted by molar-refractivity contribution is 6.02. The molecule has 1 aromatic heterocycles. The van der Waals surface area contributed by atoms with Crippen molar-refractivity contribution in [2.45, 2.75) is 26.5 Å². The van der Waals surface area contributed by atoms with Gasteiger partial charge in [0.2, 0.25) is 5.89 Å². The minimum absolute atomic E-state index is 0.259. The Morgan fingerprint density at radius 2 is 1.86 bits per heavy atom. The van der Waals surface area contributed by atoms with Crippen molar-refractivity contribution in [3.05, 3.63) is 42.1 Å². The third kappa shape index (κ3) is 6.03. The van der Waals surface area contributed by atoms with E-state index < -0.39 is 0 Å². The van der Waals surface area contributed by atoms with Gasteiger partial charge in [0.05, 0.1) is 19.8 Å². The van der Waals surface area contributed by atoms with Crippen LogP contribution in [0.3, 0.4) is 0 Å². The van der Waals surface area contributed by atoms with Crippen LogP contribution >= 0.6 is 0 Å². The van der Waals surface area contributed by atoms with Gasteiger partial charge in [-0.1, -0.05) is 13.8 Å². The molecule has 0 spiro atoms. The second-order valence-electron chi connectivity index (χ2n) is 7.70. The maximum absolute atomic E-state index is 12.4. The highest BCUT2D eigenvalue weighted by atomic mass is 16.5. The van der Waals surface area contributed by atoms with E-state index in [4.69, 9.17) is 9.15 Å². The first-order valence-corrected chi connectivity index (χ1v) is 9.97. The predicted molar refractivity (Wildman–Crippen MR) is 110 cm³/mol. The zero-order valence-electron chi connectivity index (χ0n) is 17.3. The summed E-state index contributed by atoms with van der Waals surface area (Å²) in [6.45, 7) is 8.89. The van der Waals surface area contributed by atoms with E-state index in [1.807, 2.05) is 13.8 Å². The van der Waals surface area contributed by atoms with E-state index in [9.17, 15) is 9.90 Å². The third-order valence-electron chi connectivity index (χ3n) is 5.17. The number of methoxy groups -OCH3 is 1. The zero-order chi connectivity index (χ0) is 20.8. The van der Waals surface area contributed by atoms with E-state index in [2.05, 4.69) is 20.1 Å². The monoisotopic (exact) mass is 402 g/mol. The number of aromatic nitrogens is 1. The number of rotatable bonds is 8. The van der Waals surface area contributed by atoms with Crippen molar-refractivity contribution in [2.24, 2.45) is 5.92 Å². The Balaban J connectivity index is 1.47. The Labute approximate surface area is 171 Å². The SMILES string of the molecule is COc1ccc(NC(=O)c2coc(CN3CCN(C[C@@H](O)C(C)C)CC3)n2)cc1. The minimum Gasteiger partial charge on any atom is -0.497 e. The molecule has 1 aliphatic heterocycles. The number of nitrogens with zero attached hydrogens (tertiary/aromatic N) is 3. The smallest absolute Gasteiger partial charge is 0.277 e. The lowest BCUT2D eigenvalue weighted by Crippen LogP contribution is -2.48. The summed E-state index contributed by atoms with van der Waals surface area (Å²) in [4.78, 5) is 21.2. The number of ether oxygens (including phenoxy) is 1. The molecule has 1 atom stereocenters. The summed E-state index contributed by atoms with van der Waals surface area (Å²) >= 11 is 0. The molecule has 1 saturated heterocycles. The summed E-state index contributed by atoms with van der Waals surface area (Å²) in [6.07, 6.45) is 1.10. The first kappa shape index (κ1) is 21.3. The number of hydrogen-bond acceptors (Lipinski definition) is 7. The van der Waals surface area contributed by atoms with E-state index in [1.54, 1.807) is 31.4 Å². The maximum Gasteiger partial charge on any atom is 0.277 e. The molecule has 1 amide bonds. The van der Waals surface area contributed by atoms with Gasteiger partial charge in [0.15, 0.2) is 5.69 Å². The fraction of sp³-hybridized carbons (Fsp3) is 0.524. The van der Waals surface area contributed by atoms with Gasteiger partial charge in [0.25, 0.3) is 5.91 Å². The van der Waals surface area contributed by atoms with Crippen molar-refractivity contribution >= 4 is 11.6 Å². The van der Waals surface area contributed by atoms with Gasteiger partial charge in [-0.15, -0.1) is 0 Å². The maximum atomic E-state index is 12.4. The summed E-state index contributed by atoms with van der Waals surface area (Å²) in [6, 6.07) is 7.11. The van der Waals surface area contributed by atoms with Crippen LogP contribution < -0.4 is 10.1 Å². The van der Waals surface area contributed by atoms with E-state index in [-0.39, 0.29) is 23.6 Å². The number of aliphatic hydroxyl groups excluding tert-OH is 1. The van der Waals surface area contributed by atoms with Gasteiger partial charge in [0.1, 0.15) is 12.0 Å². The largest absolute Gasteiger partial charge is 0.497 e. The lowest BCUT2D eigenvalue weighted by molar-refractivity contribution is 0.0463. The molecule has 0 bridgehead atoms. The fourth-order valence-electron chi connectivity index (χ4n) is 3.15. The lowest BCUT2D eigenvalue weighted by atomic mass is 10.1. The number of nitrogens with one attached hydrogen (secondary N) is 1. The molecule has 0 unspecified atom stereocenters. The van der Waals surface area contributed by atoms with Gasteiger partial charge in [-0.3, -0.25) is 14.6 Å². The lowest BCUT2D eigenvalue weighted by Gasteiger charge is -2.35. The van der Waals surface area contributed by atoms with E-state index in [0.717, 1.165) is 31.9 Å². The summed E-state index contributed by atoms with van der Waals surface area (Å²) < 4.78 is 10.6. The van der Waals surface area contributed by atoms with E-state index >= 15 is 0 Å². The minimum atomic E-state index is -0.308. The van der Waals surface area contributed by atoms with Crippen molar-refractivity contribution < 1.29 is 19.1 Å². The summed E-state index contributed by atoms with van der Waals surface area (Å²) in [7, 11) is 1.60. The summed E-state index contributed by atoms with van der Waals surface area (Å²) in [5.74, 6) is 1.21. The zero-order valence-corrected chi connectivity index (χ0v) is 17.3. The molecule has 0 saturated carbocycles. The van der Waals surface area contributed by atoms with Crippen molar-refractivity contribution in [1.29, 1.82) is 0 Å². The molecule has 158 valence electrons. The molecule has 0 radical (unpaired) electrons. The van der Waals surface area contributed by atoms with Crippen LogP contribution in [0.4, 0.5) is 5.69 Å². The number of hydrogen-bond donors (Lipinski definition) is 2. The number of carbonyl (C=O) groups excluding carboxylic acids is 1. The van der Waals surface area contributed by atoms with Crippen molar-refractivity contribution in [3.63, 3.8) is 0 Å². The summed E-state index contributed by atoms with van der Waals surface area (Å²) in [5.41, 5.74) is 0.926. The summed E-state index contributed by atoms with van der Waals surface area (Å²) in [5, 5.41) is 12.8. The topological polar surface area (TPSA) is 91.1 Å². The molecule has 0 aliphatic carbocycles. The van der Waals surface area contributed by atoms with Gasteiger partial charge < -0.3 is 19.6 Å². The number of piperazine rings is 1. The molecule has 29 heavy (non-hydrogen) atoms. The Hall–Kier alpha value is -2.42. The van der Waals surface area contributed by atoms with Crippen LogP contribution in [-0.4, -0.2) is 71.7 Å². The highest BCUT2D eigenvalue weighted by Crippen LogP contribution is 2.16. The van der Waals surface area contributed by atoms with Crippen molar-refractivity contribution in [3.8, 4) is 5.75 Å². The first-order chi connectivity index (χ1) is 13.9. The molecule has 1 aromatic carbocycles. The normalized spacial score (nSPS) is 16.7. The first-order valence-electron chi connectivity index (χ1n) is 9.97. The van der Waals surface area contributed by atoms with Gasteiger partial charge in [0, 0.05) is 38.4 Å². The van der Waals surface area contributed by atoms with E-state index in [1.165, 1.54) is 6.26 Å². The van der Waals surface area contributed by atoms with Gasteiger partial charge in [-0.25, -0.2) is 4.98 Å². The van der Waals surface area contributed by atoms with Gasteiger partial charge >= 0.3 is 0 Å². The van der Waals surface area contributed by atoms with Crippen LogP contribution in [0.2, 0.25) is 0 Å². The van der Waals surface area contributed by atoms with E-state index in [0.29, 0.717) is 24.7 Å². The number of anilines is 1. The molecule has 1 aliphatic rings. The number of aliphatic hydroxyl groups is 1. The van der Waals surface area contributed by atoms with Gasteiger partial charge in [-0.05, 0) is 30.2 Å². The molecule has 8 heteroatoms. The Morgan fingerprint density at radius 3 is 2.48 bits per heavy atom.